The fourth-order valence-corrected chi connectivity index (χ4v) is 1.42. The van der Waals surface area contributed by atoms with Crippen molar-refractivity contribution in [3.8, 4) is 11.5 Å². The Kier molecular flexibility index (Phi) is 7.24. The minimum absolute atomic E-state index is 0.0202. The van der Waals surface area contributed by atoms with Crippen molar-refractivity contribution in [1.82, 2.24) is 10.6 Å². The van der Waals surface area contributed by atoms with Crippen molar-refractivity contribution in [2.75, 3.05) is 26.8 Å². The second kappa shape index (κ2) is 9.22. The van der Waals surface area contributed by atoms with Gasteiger partial charge in [0, 0.05) is 6.54 Å². The zero-order valence-corrected chi connectivity index (χ0v) is 12.1. The Morgan fingerprint density at radius 2 is 1.68 bits per heavy atom. The van der Waals surface area contributed by atoms with Gasteiger partial charge in [-0.15, -0.1) is 0 Å². The molecule has 1 aromatic rings. The smallest absolute Gasteiger partial charge is 0.305 e. The lowest BCUT2D eigenvalue weighted by atomic mass is 10.3. The van der Waals surface area contributed by atoms with Crippen molar-refractivity contribution < 1.29 is 29.0 Å². The van der Waals surface area contributed by atoms with Crippen LogP contribution >= 0.6 is 0 Å². The lowest BCUT2D eigenvalue weighted by Crippen LogP contribution is -2.39. The van der Waals surface area contributed by atoms with E-state index in [1.165, 1.54) is 0 Å². The molecule has 0 saturated carbocycles. The summed E-state index contributed by atoms with van der Waals surface area (Å²) in [5.41, 5.74) is 0. The number of methoxy groups -OCH3 is 1. The van der Waals surface area contributed by atoms with Gasteiger partial charge in [-0.3, -0.25) is 14.4 Å². The number of carboxylic acids is 1. The van der Waals surface area contributed by atoms with Gasteiger partial charge in [-0.05, 0) is 24.3 Å². The van der Waals surface area contributed by atoms with Gasteiger partial charge in [-0.25, -0.2) is 0 Å². The van der Waals surface area contributed by atoms with Crippen LogP contribution in [-0.2, 0) is 14.4 Å². The quantitative estimate of drug-likeness (QED) is 0.581. The van der Waals surface area contributed by atoms with Crippen LogP contribution in [0.4, 0.5) is 0 Å². The Balaban J connectivity index is 2.19. The average Bonchev–Trinajstić information content (AvgIpc) is 2.51. The third-order valence-electron chi connectivity index (χ3n) is 2.54. The number of hydrogen-bond acceptors (Lipinski definition) is 5. The highest BCUT2D eigenvalue weighted by atomic mass is 16.5. The van der Waals surface area contributed by atoms with E-state index in [9.17, 15) is 14.4 Å². The van der Waals surface area contributed by atoms with Crippen LogP contribution in [-0.4, -0.2) is 49.7 Å². The maximum atomic E-state index is 11.5. The number of amides is 2. The van der Waals surface area contributed by atoms with Crippen molar-refractivity contribution in [1.29, 1.82) is 0 Å². The summed E-state index contributed by atoms with van der Waals surface area (Å²) < 4.78 is 10.2. The summed E-state index contributed by atoms with van der Waals surface area (Å²) in [7, 11) is 1.55. The van der Waals surface area contributed by atoms with Crippen molar-refractivity contribution >= 4 is 17.8 Å². The SMILES string of the molecule is COc1ccc(OCC(=O)NCC(=O)NCCC(=O)O)cc1. The lowest BCUT2D eigenvalue weighted by Gasteiger charge is -2.08. The Morgan fingerprint density at radius 1 is 1.05 bits per heavy atom. The fraction of sp³-hybridized carbons (Fsp3) is 0.357. The molecule has 0 aromatic heterocycles. The molecule has 3 N–H and O–H groups in total. The molecule has 0 saturated heterocycles. The maximum Gasteiger partial charge on any atom is 0.305 e. The molecule has 0 unspecified atom stereocenters. The highest BCUT2D eigenvalue weighted by Crippen LogP contribution is 2.16. The number of aliphatic carboxylic acids is 1. The zero-order valence-electron chi connectivity index (χ0n) is 12.1. The monoisotopic (exact) mass is 310 g/mol. The molecule has 1 aromatic carbocycles. The van der Waals surface area contributed by atoms with E-state index in [4.69, 9.17) is 14.6 Å². The summed E-state index contributed by atoms with van der Waals surface area (Å²) >= 11 is 0. The van der Waals surface area contributed by atoms with Gasteiger partial charge in [0.2, 0.25) is 5.91 Å². The molecule has 120 valence electrons. The molecule has 8 nitrogen and oxygen atoms in total. The summed E-state index contributed by atoms with van der Waals surface area (Å²) in [6.07, 6.45) is -0.166. The Bertz CT molecular complexity index is 515. The van der Waals surface area contributed by atoms with Crippen LogP contribution in [0.2, 0.25) is 0 Å². The van der Waals surface area contributed by atoms with Gasteiger partial charge in [0.15, 0.2) is 6.61 Å². The van der Waals surface area contributed by atoms with Crippen LogP contribution in [0.15, 0.2) is 24.3 Å². The normalized spacial score (nSPS) is 9.68. The van der Waals surface area contributed by atoms with E-state index in [2.05, 4.69) is 10.6 Å². The van der Waals surface area contributed by atoms with Gasteiger partial charge in [0.1, 0.15) is 11.5 Å². The van der Waals surface area contributed by atoms with Gasteiger partial charge >= 0.3 is 5.97 Å². The molecule has 2 amide bonds. The first-order valence-electron chi connectivity index (χ1n) is 6.53. The van der Waals surface area contributed by atoms with E-state index in [0.717, 1.165) is 0 Å². The number of rotatable bonds is 9. The minimum Gasteiger partial charge on any atom is -0.497 e. The van der Waals surface area contributed by atoms with Crippen LogP contribution in [0.25, 0.3) is 0 Å². The van der Waals surface area contributed by atoms with Gasteiger partial charge in [0.25, 0.3) is 5.91 Å². The average molecular weight is 310 g/mol. The first-order valence-corrected chi connectivity index (χ1v) is 6.53. The molecule has 0 aliphatic carbocycles. The third kappa shape index (κ3) is 7.13. The number of carboxylic acid groups (broad SMARTS) is 1. The van der Waals surface area contributed by atoms with Gasteiger partial charge in [-0.1, -0.05) is 0 Å². The van der Waals surface area contributed by atoms with Crippen molar-refractivity contribution in [2.45, 2.75) is 6.42 Å². The molecule has 0 spiro atoms. The molecular weight excluding hydrogens is 292 g/mol. The number of ether oxygens (including phenoxy) is 2. The molecule has 0 bridgehead atoms. The van der Waals surface area contributed by atoms with Crippen LogP contribution < -0.4 is 20.1 Å². The molecular formula is C14H18N2O6. The summed E-state index contributed by atoms with van der Waals surface area (Å²) in [6, 6.07) is 6.71. The maximum absolute atomic E-state index is 11.5. The second-order valence-corrected chi connectivity index (χ2v) is 4.23. The fourth-order valence-electron chi connectivity index (χ4n) is 1.42. The summed E-state index contributed by atoms with van der Waals surface area (Å²) in [5, 5.41) is 13.1. The minimum atomic E-state index is -1.00. The van der Waals surface area contributed by atoms with E-state index >= 15 is 0 Å². The van der Waals surface area contributed by atoms with Gasteiger partial charge in [0.05, 0.1) is 20.1 Å². The first kappa shape index (κ1) is 17.3. The summed E-state index contributed by atoms with van der Waals surface area (Å²) in [6.45, 7) is -0.439. The molecule has 8 heteroatoms. The van der Waals surface area contributed by atoms with Gasteiger partial charge in [-0.2, -0.15) is 0 Å². The topological polar surface area (TPSA) is 114 Å². The molecule has 0 heterocycles. The Morgan fingerprint density at radius 3 is 2.27 bits per heavy atom. The molecule has 0 radical (unpaired) electrons. The van der Waals surface area contributed by atoms with Crippen molar-refractivity contribution in [3.63, 3.8) is 0 Å². The molecule has 0 fully saturated rings. The van der Waals surface area contributed by atoms with Crippen molar-refractivity contribution in [2.24, 2.45) is 0 Å². The standard InChI is InChI=1S/C14H18N2O6/c1-21-10-2-4-11(5-3-10)22-9-13(18)16-8-12(17)15-7-6-14(19)20/h2-5H,6-9H2,1H3,(H,15,17)(H,16,18)(H,19,20). The predicted molar refractivity (Wildman–Crippen MR) is 76.8 cm³/mol. The molecule has 1 rings (SSSR count). The number of carbonyl (C=O) groups excluding carboxylic acids is 2. The van der Waals surface area contributed by atoms with E-state index < -0.39 is 17.8 Å². The summed E-state index contributed by atoms with van der Waals surface area (Å²) in [4.78, 5) is 33.1. The first-order chi connectivity index (χ1) is 10.5. The number of carbonyl (C=O) groups is 3. The third-order valence-corrected chi connectivity index (χ3v) is 2.54. The number of benzene rings is 1. The molecule has 0 aliphatic rings. The summed E-state index contributed by atoms with van der Waals surface area (Å²) in [5.74, 6) is -0.739. The second-order valence-electron chi connectivity index (χ2n) is 4.23. The molecule has 0 aliphatic heterocycles. The Hall–Kier alpha value is -2.77. The van der Waals surface area contributed by atoms with Crippen LogP contribution in [0.1, 0.15) is 6.42 Å². The van der Waals surface area contributed by atoms with Crippen LogP contribution in [0.5, 0.6) is 11.5 Å². The van der Waals surface area contributed by atoms with E-state index in [-0.39, 0.29) is 26.1 Å². The highest BCUT2D eigenvalue weighted by Gasteiger charge is 2.07. The molecule has 0 atom stereocenters. The van der Waals surface area contributed by atoms with Crippen LogP contribution in [0.3, 0.4) is 0 Å². The number of hydrogen-bond donors (Lipinski definition) is 3. The van der Waals surface area contributed by atoms with Gasteiger partial charge < -0.3 is 25.2 Å². The lowest BCUT2D eigenvalue weighted by molar-refractivity contribution is -0.137. The van der Waals surface area contributed by atoms with Crippen molar-refractivity contribution in [3.05, 3.63) is 24.3 Å². The van der Waals surface area contributed by atoms with Crippen LogP contribution in [0, 0.1) is 0 Å². The van der Waals surface area contributed by atoms with E-state index in [1.807, 2.05) is 0 Å². The number of nitrogens with one attached hydrogen (secondary N) is 2. The molecule has 22 heavy (non-hydrogen) atoms. The largest absolute Gasteiger partial charge is 0.497 e. The Labute approximate surface area is 127 Å². The zero-order chi connectivity index (χ0) is 16.4. The van der Waals surface area contributed by atoms with E-state index in [1.54, 1.807) is 31.4 Å². The van der Waals surface area contributed by atoms with E-state index in [0.29, 0.717) is 11.5 Å². The highest BCUT2D eigenvalue weighted by molar-refractivity contribution is 5.85. The predicted octanol–water partition coefficient (Wildman–Crippen LogP) is -0.219.